The van der Waals surface area contributed by atoms with Crippen molar-refractivity contribution >= 4 is 35.8 Å². The van der Waals surface area contributed by atoms with Gasteiger partial charge in [0, 0.05) is 43.7 Å². The van der Waals surface area contributed by atoms with E-state index in [1.54, 1.807) is 21.3 Å². The van der Waals surface area contributed by atoms with Crippen molar-refractivity contribution in [1.29, 1.82) is 0 Å². The Bertz CT molecular complexity index is 774. The zero-order valence-corrected chi connectivity index (χ0v) is 22.6. The molecule has 0 bridgehead atoms. The molecule has 9 heteroatoms. The van der Waals surface area contributed by atoms with Gasteiger partial charge in [-0.1, -0.05) is 19.3 Å². The van der Waals surface area contributed by atoms with Crippen LogP contribution in [0.3, 0.4) is 0 Å². The Morgan fingerprint density at radius 3 is 2.30 bits per heavy atom. The largest absolute Gasteiger partial charge is 0.496 e. The lowest BCUT2D eigenvalue weighted by atomic mass is 9.88. The smallest absolute Gasteiger partial charge is 0.225 e. The van der Waals surface area contributed by atoms with Crippen molar-refractivity contribution < 1.29 is 19.0 Å². The zero-order chi connectivity index (χ0) is 22.9. The molecule has 0 radical (unpaired) electrons. The molecule has 0 aromatic heterocycles. The first kappa shape index (κ1) is 27.3. The molecule has 1 aliphatic carbocycles. The molecule has 1 saturated carbocycles. The number of benzene rings is 1. The lowest BCUT2D eigenvalue weighted by Gasteiger charge is -2.26. The first-order chi connectivity index (χ1) is 15.6. The summed E-state index contributed by atoms with van der Waals surface area (Å²) in [4.78, 5) is 19.7. The van der Waals surface area contributed by atoms with Crippen LogP contribution in [-0.2, 0) is 11.3 Å². The van der Waals surface area contributed by atoms with Crippen molar-refractivity contribution in [3.63, 3.8) is 0 Å². The van der Waals surface area contributed by atoms with Crippen LogP contribution < -0.4 is 24.8 Å². The predicted molar refractivity (Wildman–Crippen MR) is 141 cm³/mol. The van der Waals surface area contributed by atoms with Crippen molar-refractivity contribution in [3.8, 4) is 17.2 Å². The lowest BCUT2D eigenvalue weighted by molar-refractivity contribution is -0.135. The van der Waals surface area contributed by atoms with Gasteiger partial charge >= 0.3 is 0 Å². The zero-order valence-electron chi connectivity index (χ0n) is 20.3. The molecule has 0 spiro atoms. The van der Waals surface area contributed by atoms with Gasteiger partial charge in [0.1, 0.15) is 17.2 Å². The summed E-state index contributed by atoms with van der Waals surface area (Å²) in [5.74, 6) is 3.30. The third-order valence-corrected chi connectivity index (χ3v) is 6.35. The van der Waals surface area contributed by atoms with Crippen LogP contribution in [0.15, 0.2) is 17.1 Å². The molecule has 186 valence electrons. The van der Waals surface area contributed by atoms with E-state index in [-0.39, 0.29) is 35.9 Å². The topological polar surface area (TPSA) is 84.4 Å². The van der Waals surface area contributed by atoms with Gasteiger partial charge in [0.05, 0.1) is 33.4 Å². The number of rotatable bonds is 8. The van der Waals surface area contributed by atoms with Crippen LogP contribution in [0.5, 0.6) is 17.2 Å². The van der Waals surface area contributed by atoms with Gasteiger partial charge in [-0.3, -0.25) is 4.79 Å². The fraction of sp³-hybridized carbons (Fsp3) is 0.667. The Morgan fingerprint density at radius 2 is 1.73 bits per heavy atom. The summed E-state index contributed by atoms with van der Waals surface area (Å²) in [7, 11) is 4.87. The van der Waals surface area contributed by atoms with Crippen LogP contribution in [0.4, 0.5) is 0 Å². The highest BCUT2D eigenvalue weighted by atomic mass is 127. The number of aliphatic imine (C=N–C) groups is 1. The highest BCUT2D eigenvalue weighted by molar-refractivity contribution is 14.0. The van der Waals surface area contributed by atoms with Gasteiger partial charge in [-0.05, 0) is 26.2 Å². The molecule has 1 unspecified atom stereocenters. The van der Waals surface area contributed by atoms with Crippen molar-refractivity contribution in [3.05, 3.63) is 17.7 Å². The first-order valence-electron chi connectivity index (χ1n) is 11.7. The average Bonchev–Trinajstić information content (AvgIpc) is 3.30. The first-order valence-corrected chi connectivity index (χ1v) is 11.7. The van der Waals surface area contributed by atoms with E-state index >= 15 is 0 Å². The number of hydrogen-bond donors (Lipinski definition) is 2. The number of nitrogens with zero attached hydrogens (tertiary/aromatic N) is 2. The Morgan fingerprint density at radius 1 is 1.06 bits per heavy atom. The maximum absolute atomic E-state index is 12.9. The molecule has 8 nitrogen and oxygen atoms in total. The lowest BCUT2D eigenvalue weighted by Crippen LogP contribution is -2.45. The summed E-state index contributed by atoms with van der Waals surface area (Å²) < 4.78 is 16.4. The molecule has 2 N–H and O–H groups in total. The molecule has 1 aliphatic heterocycles. The molecule has 1 amide bonds. The van der Waals surface area contributed by atoms with Gasteiger partial charge in [-0.2, -0.15) is 0 Å². The van der Waals surface area contributed by atoms with Crippen LogP contribution in [0.25, 0.3) is 0 Å². The van der Waals surface area contributed by atoms with Gasteiger partial charge in [0.25, 0.3) is 0 Å². The molecule has 2 aliphatic rings. The molecule has 3 rings (SSSR count). The van der Waals surface area contributed by atoms with Crippen LogP contribution in [0.2, 0.25) is 0 Å². The van der Waals surface area contributed by atoms with Gasteiger partial charge in [-0.25, -0.2) is 4.99 Å². The molecule has 1 saturated heterocycles. The van der Waals surface area contributed by atoms with E-state index in [4.69, 9.17) is 19.2 Å². The van der Waals surface area contributed by atoms with Gasteiger partial charge in [0.15, 0.2) is 5.96 Å². The van der Waals surface area contributed by atoms with E-state index in [0.717, 1.165) is 50.4 Å². The van der Waals surface area contributed by atoms with Gasteiger partial charge in [0.2, 0.25) is 5.91 Å². The van der Waals surface area contributed by atoms with Crippen molar-refractivity contribution in [2.45, 2.75) is 58.0 Å². The Hall–Kier alpha value is -1.91. The van der Waals surface area contributed by atoms with Crippen LogP contribution >= 0.6 is 24.0 Å². The van der Waals surface area contributed by atoms with Crippen LogP contribution in [0.1, 0.15) is 51.0 Å². The number of amides is 1. The molecule has 1 aromatic carbocycles. The van der Waals surface area contributed by atoms with Crippen molar-refractivity contribution in [2.24, 2.45) is 10.9 Å². The maximum Gasteiger partial charge on any atom is 0.225 e. The number of methoxy groups -OCH3 is 3. The Labute approximate surface area is 214 Å². The van der Waals surface area contributed by atoms with E-state index in [2.05, 4.69) is 10.6 Å². The molecular weight excluding hydrogens is 535 g/mol. The number of guanidine groups is 1. The number of likely N-dealkylation sites (tertiary alicyclic amines) is 1. The van der Waals surface area contributed by atoms with E-state index in [1.165, 1.54) is 19.3 Å². The summed E-state index contributed by atoms with van der Waals surface area (Å²) in [5, 5.41) is 6.82. The minimum atomic E-state index is 0. The predicted octanol–water partition coefficient (Wildman–Crippen LogP) is 3.57. The monoisotopic (exact) mass is 574 g/mol. The SMILES string of the molecule is CCNC(=NCc1c(OC)cc(OC)cc1OC)NC1CCN(C(=O)C2CCCCC2)C1.I. The van der Waals surface area contributed by atoms with E-state index < -0.39 is 0 Å². The second-order valence-electron chi connectivity index (χ2n) is 8.45. The molecular formula is C24H39IN4O4. The summed E-state index contributed by atoms with van der Waals surface area (Å²) in [6.07, 6.45) is 6.65. The van der Waals surface area contributed by atoms with Crippen molar-refractivity contribution in [2.75, 3.05) is 41.0 Å². The molecule has 1 atom stereocenters. The van der Waals surface area contributed by atoms with Gasteiger partial charge < -0.3 is 29.7 Å². The van der Waals surface area contributed by atoms with Crippen LogP contribution in [-0.4, -0.2) is 63.8 Å². The van der Waals surface area contributed by atoms with Gasteiger partial charge in [-0.15, -0.1) is 24.0 Å². The number of hydrogen-bond acceptors (Lipinski definition) is 5. The van der Waals surface area contributed by atoms with Crippen LogP contribution in [0, 0.1) is 5.92 Å². The molecule has 1 aromatic rings. The second-order valence-corrected chi connectivity index (χ2v) is 8.45. The number of ether oxygens (including phenoxy) is 3. The minimum Gasteiger partial charge on any atom is -0.496 e. The second kappa shape index (κ2) is 13.7. The average molecular weight is 575 g/mol. The summed E-state index contributed by atoms with van der Waals surface area (Å²) in [5.41, 5.74) is 0.855. The molecule has 1 heterocycles. The maximum atomic E-state index is 12.9. The fourth-order valence-corrected chi connectivity index (χ4v) is 4.59. The fourth-order valence-electron chi connectivity index (χ4n) is 4.59. The normalized spacial score (nSPS) is 19.0. The molecule has 33 heavy (non-hydrogen) atoms. The molecule has 2 fully saturated rings. The number of carbonyl (C=O) groups excluding carboxylic acids is 1. The Kier molecular flexibility index (Phi) is 11.4. The highest BCUT2D eigenvalue weighted by Gasteiger charge is 2.31. The minimum absolute atomic E-state index is 0. The number of halogens is 1. The highest BCUT2D eigenvalue weighted by Crippen LogP contribution is 2.34. The number of nitrogens with one attached hydrogen (secondary N) is 2. The Balaban J connectivity index is 0.00000385. The quantitative estimate of drug-likeness (QED) is 0.281. The third-order valence-electron chi connectivity index (χ3n) is 6.35. The third kappa shape index (κ3) is 7.28. The summed E-state index contributed by atoms with van der Waals surface area (Å²) in [6, 6.07) is 3.86. The van der Waals surface area contributed by atoms with E-state index in [9.17, 15) is 4.79 Å². The van der Waals surface area contributed by atoms with Crippen molar-refractivity contribution in [1.82, 2.24) is 15.5 Å². The number of carbonyl (C=O) groups is 1. The van der Waals surface area contributed by atoms with E-state index in [1.807, 2.05) is 24.0 Å². The standard InChI is InChI=1S/C24H38N4O4.HI/c1-5-25-24(26-15-20-21(31-3)13-19(30-2)14-22(20)32-4)27-18-11-12-28(16-18)23(29)17-9-7-6-8-10-17;/h13-14,17-18H,5-12,15-16H2,1-4H3,(H2,25,26,27);1H. The van der Waals surface area contributed by atoms with E-state index in [0.29, 0.717) is 29.7 Å². The summed E-state index contributed by atoms with van der Waals surface area (Å²) >= 11 is 0. The summed E-state index contributed by atoms with van der Waals surface area (Å²) in [6.45, 7) is 4.73.